The molecule has 0 amide bonds. The van der Waals surface area contributed by atoms with Crippen LogP contribution in [0.3, 0.4) is 0 Å². The smallest absolute Gasteiger partial charge is 0.0567 e. The van der Waals surface area contributed by atoms with E-state index in [4.69, 9.17) is 0 Å². The molecule has 0 aliphatic carbocycles. The van der Waals surface area contributed by atoms with Gasteiger partial charge in [0, 0.05) is 117 Å². The lowest BCUT2D eigenvalue weighted by atomic mass is 9.99. The maximum Gasteiger partial charge on any atom is 0.0567 e. The molecule has 24 aromatic rings. The van der Waals surface area contributed by atoms with E-state index in [9.17, 15) is 0 Å². The van der Waals surface area contributed by atoms with Crippen LogP contribution >= 0.6 is 0 Å². The third-order valence-corrected chi connectivity index (χ3v) is 27.1. The number of anilines is 15. The van der Waals surface area contributed by atoms with E-state index in [1.54, 1.807) is 0 Å². The Morgan fingerprint density at radius 3 is 0.716 bits per heavy atom. The largest absolute Gasteiger partial charge is 0.345 e. The summed E-state index contributed by atoms with van der Waals surface area (Å²) < 4.78 is 0. The first-order chi connectivity index (χ1) is 69.6. The fraction of sp³-hybridized carbons (Fsp3) is 0.0222. The molecule has 672 valence electrons. The van der Waals surface area contributed by atoms with E-state index in [1.807, 2.05) is 0 Å². The molecule has 6 nitrogen and oxygen atoms in total. The summed E-state index contributed by atoms with van der Waals surface area (Å²) in [5.41, 5.74) is 31.5. The van der Waals surface area contributed by atoms with Crippen molar-refractivity contribution in [3.05, 3.63) is 564 Å². The normalized spacial score (nSPS) is 11.1. The number of hydrogen-bond acceptors (Lipinski definition) is 6. The van der Waals surface area contributed by atoms with Gasteiger partial charge in [0.15, 0.2) is 0 Å². The van der Waals surface area contributed by atoms with E-state index in [2.05, 4.69) is 615 Å². The Labute approximate surface area is 825 Å². The summed E-state index contributed by atoms with van der Waals surface area (Å²) in [5.74, 6) is 0. The summed E-state index contributed by atoms with van der Waals surface area (Å²) >= 11 is 0. The van der Waals surface area contributed by atoms with Crippen LogP contribution in [-0.4, -0.2) is 21.1 Å². The number of para-hydroxylation sites is 3. The van der Waals surface area contributed by atoms with Crippen LogP contribution in [0.4, 0.5) is 85.3 Å². The lowest BCUT2D eigenvalue weighted by Gasteiger charge is -2.26. The van der Waals surface area contributed by atoms with Gasteiger partial charge in [-0.3, -0.25) is 0 Å². The quantitative estimate of drug-likeness (QED) is 0.0524. The number of benzene rings is 24. The van der Waals surface area contributed by atoms with Crippen molar-refractivity contribution < 1.29 is 0 Å². The summed E-state index contributed by atoms with van der Waals surface area (Å²) in [4.78, 5) is 13.8. The molecule has 6 heteroatoms. The second-order valence-corrected chi connectivity index (χ2v) is 35.8. The molecule has 24 aromatic carbocycles. The van der Waals surface area contributed by atoms with Gasteiger partial charge < -0.3 is 29.4 Å². The molecular formula is C135H102N6. The molecule has 0 bridgehead atoms. The van der Waals surface area contributed by atoms with Crippen molar-refractivity contribution in [1.29, 1.82) is 0 Å². The van der Waals surface area contributed by atoms with Gasteiger partial charge >= 0.3 is 0 Å². The molecule has 0 unspecified atom stereocenters. The highest BCUT2D eigenvalue weighted by Gasteiger charge is 2.22. The number of fused-ring (bicyclic) bond motifs is 7. The molecule has 0 aromatic heterocycles. The van der Waals surface area contributed by atoms with Crippen molar-refractivity contribution in [1.82, 2.24) is 0 Å². The van der Waals surface area contributed by atoms with Crippen LogP contribution in [-0.2, 0) is 0 Å². The standard InChI is InChI=1S/3C45H34N2/c1-46(45-43-21-10-8-15-37(43)31-38-16-9-11-22-44(38)45)39-27-23-34(24-28-39)35-25-29-41(30-26-35)47(40-18-6-3-7-19-40)42-20-12-17-36(32-42)33-13-4-2-5-14-33;1-46(45-32-37-15-8-9-20-42(37)43-21-10-11-22-44(43)45)38-27-23-34(24-28-38)35-25-29-40(30-26-35)47(39-17-6-3-7-18-39)41-19-12-16-36(31-41)33-13-4-2-5-14-33;1-46(44-28-23-39-29-36-13-8-9-14-37(36)30-40(39)32-44)41-24-19-34(20-25-41)35-21-26-43(27-22-35)47(42-16-6-3-7-17-42)45-18-10-15-38(31-45)33-11-4-2-5-12-33/h3*2-32H,1H3. The zero-order valence-electron chi connectivity index (χ0n) is 78.9. The first kappa shape index (κ1) is 87.9. The maximum absolute atomic E-state index is 2.32. The van der Waals surface area contributed by atoms with Crippen LogP contribution < -0.4 is 29.4 Å². The first-order valence-corrected chi connectivity index (χ1v) is 48.2. The van der Waals surface area contributed by atoms with Crippen LogP contribution in [0.15, 0.2) is 564 Å². The van der Waals surface area contributed by atoms with Crippen LogP contribution in [0.5, 0.6) is 0 Å². The Bertz CT molecular complexity index is 8390. The monoisotopic (exact) mass is 1810 g/mol. The van der Waals surface area contributed by atoms with Gasteiger partial charge in [0.25, 0.3) is 0 Å². The molecule has 0 aliphatic heterocycles. The van der Waals surface area contributed by atoms with Gasteiger partial charge in [0.1, 0.15) is 0 Å². The topological polar surface area (TPSA) is 19.4 Å². The van der Waals surface area contributed by atoms with Crippen LogP contribution in [0.1, 0.15) is 0 Å². The minimum atomic E-state index is 1.12. The van der Waals surface area contributed by atoms with Gasteiger partial charge in [0.2, 0.25) is 0 Å². The van der Waals surface area contributed by atoms with E-state index in [0.29, 0.717) is 0 Å². The molecular weight excluding hydrogens is 1710 g/mol. The molecule has 0 heterocycles. The van der Waals surface area contributed by atoms with Crippen molar-refractivity contribution in [2.24, 2.45) is 0 Å². The summed E-state index contributed by atoms with van der Waals surface area (Å²) in [6.45, 7) is 0. The highest BCUT2D eigenvalue weighted by molar-refractivity contribution is 6.15. The number of rotatable bonds is 21. The Morgan fingerprint density at radius 2 is 0.348 bits per heavy atom. The van der Waals surface area contributed by atoms with E-state index in [1.165, 1.54) is 148 Å². The van der Waals surface area contributed by atoms with Gasteiger partial charge in [-0.1, -0.05) is 382 Å². The van der Waals surface area contributed by atoms with E-state index >= 15 is 0 Å². The summed E-state index contributed by atoms with van der Waals surface area (Å²) in [7, 11) is 6.46. The molecule has 0 aliphatic rings. The molecule has 141 heavy (non-hydrogen) atoms. The molecule has 0 fully saturated rings. The Morgan fingerprint density at radius 1 is 0.113 bits per heavy atom. The van der Waals surface area contributed by atoms with Crippen molar-refractivity contribution in [2.75, 3.05) is 50.5 Å². The van der Waals surface area contributed by atoms with Gasteiger partial charge in [-0.25, -0.2) is 0 Å². The highest BCUT2D eigenvalue weighted by atomic mass is 15.2. The minimum absolute atomic E-state index is 1.12. The maximum atomic E-state index is 2.32. The molecule has 0 atom stereocenters. The fourth-order valence-corrected chi connectivity index (χ4v) is 19.7. The third kappa shape index (κ3) is 18.9. The average molecular weight is 1810 g/mol. The zero-order valence-corrected chi connectivity index (χ0v) is 78.9. The molecule has 0 saturated heterocycles. The van der Waals surface area contributed by atoms with E-state index < -0.39 is 0 Å². The van der Waals surface area contributed by atoms with Crippen LogP contribution in [0, 0.1) is 0 Å². The fourth-order valence-electron chi connectivity index (χ4n) is 19.7. The molecule has 0 N–H and O–H groups in total. The molecule has 24 rings (SSSR count). The summed E-state index contributed by atoms with van der Waals surface area (Å²) in [6.07, 6.45) is 0. The lowest BCUT2D eigenvalue weighted by molar-refractivity contribution is 1.21. The number of hydrogen-bond donors (Lipinski definition) is 0. The van der Waals surface area contributed by atoms with Crippen molar-refractivity contribution in [3.63, 3.8) is 0 Å². The van der Waals surface area contributed by atoms with Crippen molar-refractivity contribution >= 4 is 150 Å². The SMILES string of the molecule is CN(c1ccc(-c2ccc(N(c3ccccc3)c3cccc(-c4ccccc4)c3)cc2)cc1)c1c2ccccc2cc2ccccc12.CN(c1ccc(-c2ccc(N(c3ccccc3)c3cccc(-c4ccccc4)c3)cc2)cc1)c1cc2ccccc2c2ccccc12.CN(c1ccc(-c2ccc(N(c3ccccc3)c3cccc(-c4ccccc4)c3)cc2)cc1)c1ccc2cc3ccccc3cc2c1. The molecule has 0 radical (unpaired) electrons. The number of nitrogens with zero attached hydrogens (tertiary/aromatic N) is 6. The predicted molar refractivity (Wildman–Crippen MR) is 605 cm³/mol. The summed E-state index contributed by atoms with van der Waals surface area (Å²) in [6, 6.07) is 202. The molecule has 0 spiro atoms. The second kappa shape index (κ2) is 40.3. The van der Waals surface area contributed by atoms with Crippen LogP contribution in [0.2, 0.25) is 0 Å². The van der Waals surface area contributed by atoms with E-state index in [-0.39, 0.29) is 0 Å². The first-order valence-electron chi connectivity index (χ1n) is 48.2. The summed E-state index contributed by atoms with van der Waals surface area (Å²) in [5, 5.41) is 15.1. The Hall–Kier alpha value is -18.4. The third-order valence-electron chi connectivity index (χ3n) is 27.1. The van der Waals surface area contributed by atoms with Crippen LogP contribution in [0.25, 0.3) is 131 Å². The van der Waals surface area contributed by atoms with E-state index in [0.717, 1.165) is 68.2 Å². The minimum Gasteiger partial charge on any atom is -0.345 e. The Kier molecular flexibility index (Phi) is 25.1. The second-order valence-electron chi connectivity index (χ2n) is 35.8. The van der Waals surface area contributed by atoms with Gasteiger partial charge in [-0.2, -0.15) is 0 Å². The highest BCUT2D eigenvalue weighted by Crippen LogP contribution is 2.46. The lowest BCUT2D eigenvalue weighted by Crippen LogP contribution is -2.10. The zero-order chi connectivity index (χ0) is 94.7. The van der Waals surface area contributed by atoms with Gasteiger partial charge in [-0.15, -0.1) is 0 Å². The molecule has 0 saturated carbocycles. The van der Waals surface area contributed by atoms with Gasteiger partial charge in [0.05, 0.1) is 5.69 Å². The average Bonchev–Trinajstić information content (AvgIpc) is 0.762. The van der Waals surface area contributed by atoms with Gasteiger partial charge in [-0.05, 0) is 297 Å². The van der Waals surface area contributed by atoms with Crippen molar-refractivity contribution in [2.45, 2.75) is 0 Å². The predicted octanol–water partition coefficient (Wildman–Crippen LogP) is 37.7. The van der Waals surface area contributed by atoms with Crippen molar-refractivity contribution in [3.8, 4) is 66.8 Å². The Balaban J connectivity index is 0.000000121.